The zero-order chi connectivity index (χ0) is 16.4. The first-order valence-electron chi connectivity index (χ1n) is 7.21. The van der Waals surface area contributed by atoms with Crippen LogP contribution in [0.5, 0.6) is 0 Å². The van der Waals surface area contributed by atoms with Crippen molar-refractivity contribution in [2.45, 2.75) is 17.2 Å². The zero-order valence-corrected chi connectivity index (χ0v) is 14.1. The van der Waals surface area contributed by atoms with Crippen LogP contribution in [0.1, 0.15) is 12.8 Å². The lowest BCUT2D eigenvalue weighted by Crippen LogP contribution is -2.34. The summed E-state index contributed by atoms with van der Waals surface area (Å²) >= 11 is 3.16. The number of thiazole rings is 1. The Bertz CT molecular complexity index is 785. The quantitative estimate of drug-likeness (QED) is 0.651. The van der Waals surface area contributed by atoms with Crippen LogP contribution in [0, 0.1) is 11.8 Å². The van der Waals surface area contributed by atoms with Gasteiger partial charge in [0, 0.05) is 5.69 Å². The maximum absolute atomic E-state index is 12.5. The fourth-order valence-electron chi connectivity index (χ4n) is 2.68. The molecule has 2 aromatic rings. The standard InChI is InChI=1S/C16H16N2O3S2/c1-22-16-18-12-7-6-9(8-13(12)23-16)17-14(19)10-4-2-3-5-11(10)15(20)21/h2-3,6-8,10-11H,4-5H2,1H3,(H,17,19)(H,20,21)/t10-,11+/m0/s1. The highest BCUT2D eigenvalue weighted by molar-refractivity contribution is 8.00. The summed E-state index contributed by atoms with van der Waals surface area (Å²) < 4.78 is 1.98. The van der Waals surface area contributed by atoms with Crippen LogP contribution in [0.2, 0.25) is 0 Å². The number of carboxylic acid groups (broad SMARTS) is 1. The van der Waals surface area contributed by atoms with E-state index < -0.39 is 17.8 Å². The van der Waals surface area contributed by atoms with E-state index in [1.54, 1.807) is 29.2 Å². The molecule has 1 aromatic heterocycles. The fraction of sp³-hybridized carbons (Fsp3) is 0.312. The van der Waals surface area contributed by atoms with E-state index in [1.807, 2.05) is 30.5 Å². The van der Waals surface area contributed by atoms with Crippen LogP contribution in [0.4, 0.5) is 5.69 Å². The minimum Gasteiger partial charge on any atom is -0.481 e. The molecule has 0 saturated heterocycles. The van der Waals surface area contributed by atoms with Crippen molar-refractivity contribution in [3.63, 3.8) is 0 Å². The van der Waals surface area contributed by atoms with Gasteiger partial charge in [0.2, 0.25) is 5.91 Å². The van der Waals surface area contributed by atoms with Crippen molar-refractivity contribution in [3.8, 4) is 0 Å². The van der Waals surface area contributed by atoms with Crippen molar-refractivity contribution >= 4 is 50.9 Å². The molecule has 0 fully saturated rings. The highest BCUT2D eigenvalue weighted by Crippen LogP contribution is 2.31. The molecule has 0 radical (unpaired) electrons. The molecule has 1 aliphatic rings. The van der Waals surface area contributed by atoms with Crippen molar-refractivity contribution < 1.29 is 14.7 Å². The minimum absolute atomic E-state index is 0.240. The van der Waals surface area contributed by atoms with E-state index in [-0.39, 0.29) is 5.91 Å². The molecule has 1 aromatic carbocycles. The Morgan fingerprint density at radius 1 is 1.30 bits per heavy atom. The fourth-order valence-corrected chi connectivity index (χ4v) is 4.21. The first kappa shape index (κ1) is 16.0. The summed E-state index contributed by atoms with van der Waals surface area (Å²) in [7, 11) is 0. The largest absolute Gasteiger partial charge is 0.481 e. The number of carboxylic acids is 1. The van der Waals surface area contributed by atoms with E-state index in [0.29, 0.717) is 18.5 Å². The van der Waals surface area contributed by atoms with Crippen LogP contribution in [0.15, 0.2) is 34.7 Å². The van der Waals surface area contributed by atoms with Crippen LogP contribution < -0.4 is 5.32 Å². The van der Waals surface area contributed by atoms with Gasteiger partial charge in [0.15, 0.2) is 4.34 Å². The molecule has 5 nitrogen and oxygen atoms in total. The van der Waals surface area contributed by atoms with E-state index in [1.165, 1.54) is 0 Å². The van der Waals surface area contributed by atoms with Crippen molar-refractivity contribution in [2.24, 2.45) is 11.8 Å². The second-order valence-electron chi connectivity index (χ2n) is 5.35. The van der Waals surface area contributed by atoms with E-state index in [9.17, 15) is 14.7 Å². The van der Waals surface area contributed by atoms with Crippen molar-refractivity contribution in [1.29, 1.82) is 0 Å². The number of benzene rings is 1. The van der Waals surface area contributed by atoms with E-state index in [4.69, 9.17) is 0 Å². The van der Waals surface area contributed by atoms with Gasteiger partial charge in [-0.05, 0) is 37.3 Å². The maximum Gasteiger partial charge on any atom is 0.307 e. The Balaban J connectivity index is 1.79. The maximum atomic E-state index is 12.5. The monoisotopic (exact) mass is 348 g/mol. The molecule has 1 amide bonds. The molecule has 120 valence electrons. The number of fused-ring (bicyclic) bond motifs is 1. The van der Waals surface area contributed by atoms with Crippen LogP contribution >= 0.6 is 23.1 Å². The highest BCUT2D eigenvalue weighted by Gasteiger charge is 2.33. The van der Waals surface area contributed by atoms with Crippen LogP contribution in [-0.2, 0) is 9.59 Å². The number of hydrogen-bond donors (Lipinski definition) is 2. The van der Waals surface area contributed by atoms with Gasteiger partial charge in [0.1, 0.15) is 0 Å². The number of rotatable bonds is 4. The number of amides is 1. The summed E-state index contributed by atoms with van der Waals surface area (Å²) in [6.07, 6.45) is 6.54. The van der Waals surface area contributed by atoms with Gasteiger partial charge in [-0.15, -0.1) is 11.3 Å². The first-order chi connectivity index (χ1) is 11.1. The third kappa shape index (κ3) is 3.40. The molecule has 0 unspecified atom stereocenters. The number of carbonyl (C=O) groups is 2. The smallest absolute Gasteiger partial charge is 0.307 e. The second-order valence-corrected chi connectivity index (χ2v) is 7.43. The average molecular weight is 348 g/mol. The number of anilines is 1. The number of carbonyl (C=O) groups excluding carboxylic acids is 1. The lowest BCUT2D eigenvalue weighted by atomic mass is 9.82. The lowest BCUT2D eigenvalue weighted by molar-refractivity contribution is -0.146. The van der Waals surface area contributed by atoms with E-state index in [2.05, 4.69) is 10.3 Å². The molecule has 0 saturated carbocycles. The van der Waals surface area contributed by atoms with E-state index in [0.717, 1.165) is 14.6 Å². The third-order valence-corrected chi connectivity index (χ3v) is 5.90. The number of nitrogens with zero attached hydrogens (tertiary/aromatic N) is 1. The SMILES string of the molecule is CSc1nc2ccc(NC(=O)[C@H]3CC=CC[C@H]3C(=O)O)cc2s1. The summed E-state index contributed by atoms with van der Waals surface area (Å²) in [5.41, 5.74) is 1.58. The summed E-state index contributed by atoms with van der Waals surface area (Å²) in [4.78, 5) is 28.2. The Kier molecular flexibility index (Phi) is 4.68. The Hall–Kier alpha value is -1.86. The highest BCUT2D eigenvalue weighted by atomic mass is 32.2. The molecule has 0 spiro atoms. The molecule has 3 rings (SSSR count). The summed E-state index contributed by atoms with van der Waals surface area (Å²) in [5, 5.41) is 12.1. The van der Waals surface area contributed by atoms with Gasteiger partial charge in [-0.1, -0.05) is 23.9 Å². The third-order valence-electron chi connectivity index (χ3n) is 3.90. The number of thioether (sulfide) groups is 1. The molecular formula is C16H16N2O3S2. The topological polar surface area (TPSA) is 79.3 Å². The summed E-state index contributed by atoms with van der Waals surface area (Å²) in [6, 6.07) is 5.56. The Morgan fingerprint density at radius 3 is 2.74 bits per heavy atom. The van der Waals surface area contributed by atoms with Gasteiger partial charge < -0.3 is 10.4 Å². The number of aliphatic carboxylic acids is 1. The predicted octanol–water partition coefficient (Wildman–Crippen LogP) is 3.62. The normalized spacial score (nSPS) is 20.6. The number of hydrogen-bond acceptors (Lipinski definition) is 5. The molecule has 2 N–H and O–H groups in total. The van der Waals surface area contributed by atoms with Gasteiger partial charge in [0.05, 0.1) is 22.1 Å². The molecule has 1 aliphatic carbocycles. The minimum atomic E-state index is -0.919. The molecule has 1 heterocycles. The van der Waals surface area contributed by atoms with Crippen LogP contribution in [0.3, 0.4) is 0 Å². The molecule has 0 aliphatic heterocycles. The number of aromatic nitrogens is 1. The number of allylic oxidation sites excluding steroid dienone is 2. The Labute approximate surface area is 141 Å². The van der Waals surface area contributed by atoms with Crippen molar-refractivity contribution in [3.05, 3.63) is 30.4 Å². The van der Waals surface area contributed by atoms with Crippen molar-refractivity contribution in [1.82, 2.24) is 4.98 Å². The molecular weight excluding hydrogens is 332 g/mol. The first-order valence-corrected chi connectivity index (χ1v) is 9.26. The lowest BCUT2D eigenvalue weighted by Gasteiger charge is -2.24. The second kappa shape index (κ2) is 6.72. The summed E-state index contributed by atoms with van der Waals surface area (Å²) in [5.74, 6) is -2.35. The van der Waals surface area contributed by atoms with Crippen LogP contribution in [-0.4, -0.2) is 28.2 Å². The zero-order valence-electron chi connectivity index (χ0n) is 12.5. The van der Waals surface area contributed by atoms with Gasteiger partial charge in [-0.3, -0.25) is 9.59 Å². The van der Waals surface area contributed by atoms with Gasteiger partial charge in [-0.25, -0.2) is 4.98 Å². The number of nitrogens with one attached hydrogen (secondary N) is 1. The molecule has 0 bridgehead atoms. The summed E-state index contributed by atoms with van der Waals surface area (Å²) in [6.45, 7) is 0. The molecule has 7 heteroatoms. The van der Waals surface area contributed by atoms with E-state index >= 15 is 0 Å². The van der Waals surface area contributed by atoms with Gasteiger partial charge in [0.25, 0.3) is 0 Å². The van der Waals surface area contributed by atoms with Gasteiger partial charge >= 0.3 is 5.97 Å². The average Bonchev–Trinajstić information content (AvgIpc) is 2.97. The van der Waals surface area contributed by atoms with Crippen LogP contribution in [0.25, 0.3) is 10.2 Å². The Morgan fingerprint density at radius 2 is 2.04 bits per heavy atom. The molecule has 23 heavy (non-hydrogen) atoms. The van der Waals surface area contributed by atoms with Crippen molar-refractivity contribution in [2.75, 3.05) is 11.6 Å². The predicted molar refractivity (Wildman–Crippen MR) is 93.0 cm³/mol. The van der Waals surface area contributed by atoms with Gasteiger partial charge in [-0.2, -0.15) is 0 Å². The molecule has 2 atom stereocenters.